The van der Waals surface area contributed by atoms with E-state index in [4.69, 9.17) is 0 Å². The molecule has 1 aromatic rings. The number of pyridine rings is 1. The largest absolute Gasteiger partial charge is 0.574 e. The second-order valence-electron chi connectivity index (χ2n) is 1.99. The second-order valence-corrected chi connectivity index (χ2v) is 2.84. The summed E-state index contributed by atoms with van der Waals surface area (Å²) in [5.74, 6) is -1.46. The Kier molecular flexibility index (Phi) is 2.74. The topological polar surface area (TPSA) is 22.1 Å². The number of rotatable bonds is 1. The van der Waals surface area contributed by atoms with Gasteiger partial charge in [-0.15, -0.1) is 13.2 Å². The molecule has 0 amide bonds. The summed E-state index contributed by atoms with van der Waals surface area (Å²) in [4.78, 5) is 3.10. The van der Waals surface area contributed by atoms with Gasteiger partial charge in [0, 0.05) is 0 Å². The summed E-state index contributed by atoms with van der Waals surface area (Å²) >= 11 is 2.67. The van der Waals surface area contributed by atoms with Gasteiger partial charge < -0.3 is 4.74 Å². The van der Waals surface area contributed by atoms with Crippen LogP contribution in [0.25, 0.3) is 0 Å². The van der Waals surface area contributed by atoms with E-state index >= 15 is 0 Å². The lowest BCUT2D eigenvalue weighted by atomic mass is 10.5. The van der Waals surface area contributed by atoms with Crippen LogP contribution in [0.3, 0.4) is 0 Å². The van der Waals surface area contributed by atoms with Crippen molar-refractivity contribution in [2.75, 3.05) is 0 Å². The van der Waals surface area contributed by atoms with Crippen LogP contribution in [0.2, 0.25) is 0 Å². The number of nitrogens with zero attached hydrogens (tertiary/aromatic N) is 1. The smallest absolute Gasteiger partial charge is 0.387 e. The van der Waals surface area contributed by atoms with Crippen LogP contribution < -0.4 is 4.74 Å². The summed E-state index contributed by atoms with van der Waals surface area (Å²) in [6.07, 6.45) is -4.20. The van der Waals surface area contributed by atoms with E-state index in [1.165, 1.54) is 0 Å². The number of alkyl halides is 3. The number of hydrogen-bond acceptors (Lipinski definition) is 2. The molecule has 2 nitrogen and oxygen atoms in total. The third kappa shape index (κ3) is 3.17. The number of hydrogen-bond donors (Lipinski definition) is 0. The molecule has 72 valence electrons. The normalized spacial score (nSPS) is 11.5. The maximum absolute atomic E-state index is 12.4. The SMILES string of the molecule is Fc1cnc(OC(F)(F)F)c(Br)c1. The fraction of sp³-hybridized carbons (Fsp3) is 0.167. The molecule has 0 saturated carbocycles. The van der Waals surface area contributed by atoms with Crippen molar-refractivity contribution in [2.24, 2.45) is 0 Å². The van der Waals surface area contributed by atoms with E-state index in [2.05, 4.69) is 25.7 Å². The van der Waals surface area contributed by atoms with Crippen LogP contribution >= 0.6 is 15.9 Å². The number of aromatic nitrogens is 1. The van der Waals surface area contributed by atoms with E-state index in [-0.39, 0.29) is 4.47 Å². The standard InChI is InChI=1S/C6H2BrF4NO/c7-4-1-3(8)2-12-5(4)13-6(9,10)11/h1-2H. The van der Waals surface area contributed by atoms with Crippen molar-refractivity contribution >= 4 is 15.9 Å². The van der Waals surface area contributed by atoms with Gasteiger partial charge in [0.15, 0.2) is 0 Å². The first-order chi connectivity index (χ1) is 5.88. The summed E-state index contributed by atoms with van der Waals surface area (Å²) < 4.78 is 50.6. The minimum absolute atomic E-state index is 0.190. The molecular formula is C6H2BrF4NO. The van der Waals surface area contributed by atoms with E-state index in [1.54, 1.807) is 0 Å². The Labute approximate surface area is 78.7 Å². The maximum atomic E-state index is 12.4. The van der Waals surface area contributed by atoms with Gasteiger partial charge in [0.25, 0.3) is 0 Å². The Morgan fingerprint density at radius 2 is 2.00 bits per heavy atom. The summed E-state index contributed by atoms with van der Waals surface area (Å²) in [6, 6.07) is 0.827. The average Bonchev–Trinajstić information content (AvgIpc) is 1.93. The molecule has 1 rings (SSSR count). The monoisotopic (exact) mass is 259 g/mol. The zero-order valence-corrected chi connectivity index (χ0v) is 7.49. The summed E-state index contributed by atoms with van der Waals surface area (Å²) in [5.41, 5.74) is 0. The van der Waals surface area contributed by atoms with Crippen LogP contribution in [0.4, 0.5) is 17.6 Å². The first-order valence-electron chi connectivity index (χ1n) is 2.95. The number of ether oxygens (including phenoxy) is 1. The highest BCUT2D eigenvalue weighted by Crippen LogP contribution is 2.28. The molecule has 1 aromatic heterocycles. The van der Waals surface area contributed by atoms with Gasteiger partial charge in [0.1, 0.15) is 5.82 Å². The maximum Gasteiger partial charge on any atom is 0.574 e. The molecule has 0 saturated heterocycles. The van der Waals surface area contributed by atoms with Crippen molar-refractivity contribution in [3.8, 4) is 5.88 Å². The van der Waals surface area contributed by atoms with Gasteiger partial charge in [-0.05, 0) is 22.0 Å². The van der Waals surface area contributed by atoms with Crippen LogP contribution in [-0.2, 0) is 0 Å². The molecule has 0 atom stereocenters. The molecule has 13 heavy (non-hydrogen) atoms. The molecule has 1 heterocycles. The highest BCUT2D eigenvalue weighted by atomic mass is 79.9. The van der Waals surface area contributed by atoms with E-state index in [0.29, 0.717) is 6.20 Å². The zero-order chi connectivity index (χ0) is 10.1. The molecule has 0 spiro atoms. The summed E-state index contributed by atoms with van der Waals surface area (Å²) in [5, 5.41) is 0. The highest BCUT2D eigenvalue weighted by molar-refractivity contribution is 9.10. The van der Waals surface area contributed by atoms with Gasteiger partial charge in [-0.3, -0.25) is 0 Å². The summed E-state index contributed by atoms with van der Waals surface area (Å²) in [6.45, 7) is 0. The van der Waals surface area contributed by atoms with Crippen molar-refractivity contribution in [1.82, 2.24) is 4.98 Å². The Balaban J connectivity index is 2.90. The first kappa shape index (κ1) is 10.2. The van der Waals surface area contributed by atoms with Gasteiger partial charge in [-0.1, -0.05) is 0 Å². The van der Waals surface area contributed by atoms with Gasteiger partial charge in [-0.2, -0.15) is 0 Å². The van der Waals surface area contributed by atoms with E-state index in [0.717, 1.165) is 6.07 Å². The summed E-state index contributed by atoms with van der Waals surface area (Å²) in [7, 11) is 0. The molecular weight excluding hydrogens is 258 g/mol. The van der Waals surface area contributed by atoms with Crippen molar-refractivity contribution in [3.05, 3.63) is 22.6 Å². The van der Waals surface area contributed by atoms with Gasteiger partial charge in [0.2, 0.25) is 5.88 Å². The van der Waals surface area contributed by atoms with Crippen LogP contribution in [-0.4, -0.2) is 11.3 Å². The lowest BCUT2D eigenvalue weighted by Gasteiger charge is -2.08. The Morgan fingerprint density at radius 1 is 1.38 bits per heavy atom. The van der Waals surface area contributed by atoms with Crippen molar-refractivity contribution in [1.29, 1.82) is 0 Å². The van der Waals surface area contributed by atoms with E-state index < -0.39 is 18.1 Å². The Morgan fingerprint density at radius 3 is 2.46 bits per heavy atom. The predicted octanol–water partition coefficient (Wildman–Crippen LogP) is 2.88. The van der Waals surface area contributed by atoms with E-state index in [9.17, 15) is 17.6 Å². The van der Waals surface area contributed by atoms with Crippen LogP contribution in [0.15, 0.2) is 16.7 Å². The predicted molar refractivity (Wildman–Crippen MR) is 38.6 cm³/mol. The Bertz CT molecular complexity index is 314. The highest BCUT2D eigenvalue weighted by Gasteiger charge is 2.32. The molecule has 0 radical (unpaired) electrons. The molecule has 0 aliphatic heterocycles. The second kappa shape index (κ2) is 3.49. The van der Waals surface area contributed by atoms with Crippen molar-refractivity contribution in [3.63, 3.8) is 0 Å². The zero-order valence-electron chi connectivity index (χ0n) is 5.90. The van der Waals surface area contributed by atoms with Crippen LogP contribution in [0.1, 0.15) is 0 Å². The molecule has 0 aliphatic rings. The lowest BCUT2D eigenvalue weighted by molar-refractivity contribution is -0.276. The van der Waals surface area contributed by atoms with Crippen molar-refractivity contribution in [2.45, 2.75) is 6.36 Å². The third-order valence-electron chi connectivity index (χ3n) is 0.986. The molecule has 0 N–H and O–H groups in total. The molecule has 0 fully saturated rings. The van der Waals surface area contributed by atoms with Gasteiger partial charge in [-0.25, -0.2) is 9.37 Å². The van der Waals surface area contributed by atoms with Crippen molar-refractivity contribution < 1.29 is 22.3 Å². The minimum atomic E-state index is -4.83. The minimum Gasteiger partial charge on any atom is -0.387 e. The Hall–Kier alpha value is -0.850. The van der Waals surface area contributed by atoms with Gasteiger partial charge in [0.05, 0.1) is 10.7 Å². The van der Waals surface area contributed by atoms with Crippen LogP contribution in [0.5, 0.6) is 5.88 Å². The molecule has 0 bridgehead atoms. The molecule has 7 heteroatoms. The number of halogens is 5. The van der Waals surface area contributed by atoms with E-state index in [1.807, 2.05) is 0 Å². The molecule has 0 unspecified atom stereocenters. The fourth-order valence-corrected chi connectivity index (χ4v) is 0.989. The first-order valence-corrected chi connectivity index (χ1v) is 3.74. The molecule has 0 aliphatic carbocycles. The third-order valence-corrected chi connectivity index (χ3v) is 1.55. The lowest BCUT2D eigenvalue weighted by Crippen LogP contribution is -2.18. The quantitative estimate of drug-likeness (QED) is 0.724. The van der Waals surface area contributed by atoms with Crippen LogP contribution in [0, 0.1) is 5.82 Å². The van der Waals surface area contributed by atoms with Gasteiger partial charge >= 0.3 is 6.36 Å². The average molecular weight is 260 g/mol. The molecule has 0 aromatic carbocycles. The fourth-order valence-electron chi connectivity index (χ4n) is 0.587.